The van der Waals surface area contributed by atoms with Gasteiger partial charge in [-0.2, -0.15) is 0 Å². The van der Waals surface area contributed by atoms with Crippen LogP contribution in [0.1, 0.15) is 18.5 Å². The molecule has 126 valence electrons. The normalized spacial score (nSPS) is 15.1. The number of carbonyl (C=O) groups is 1. The summed E-state index contributed by atoms with van der Waals surface area (Å²) in [5.41, 5.74) is 2.08. The summed E-state index contributed by atoms with van der Waals surface area (Å²) in [5, 5.41) is 6.15. The number of pyridine rings is 1. The number of nitrogens with one attached hydrogen (secondary N) is 2. The Morgan fingerprint density at radius 2 is 2.08 bits per heavy atom. The highest BCUT2D eigenvalue weighted by Crippen LogP contribution is 2.24. The van der Waals surface area contributed by atoms with E-state index in [1.165, 1.54) is 12.1 Å². The number of anilines is 2. The van der Waals surface area contributed by atoms with E-state index >= 15 is 0 Å². The van der Waals surface area contributed by atoms with Gasteiger partial charge < -0.3 is 10.6 Å². The van der Waals surface area contributed by atoms with Crippen LogP contribution in [0.4, 0.5) is 20.6 Å². The van der Waals surface area contributed by atoms with Gasteiger partial charge in [-0.25, -0.2) is 9.18 Å². The maximum atomic E-state index is 13.6. The predicted molar refractivity (Wildman–Crippen MR) is 92.8 cm³/mol. The first-order chi connectivity index (χ1) is 11.6. The molecule has 6 heteroatoms. The Bertz CT molecular complexity index is 698. The average Bonchev–Trinajstić information content (AvgIpc) is 2.58. The number of hydrogen-bond acceptors (Lipinski definition) is 3. The monoisotopic (exact) mass is 328 g/mol. The van der Waals surface area contributed by atoms with Crippen LogP contribution < -0.4 is 15.5 Å². The van der Waals surface area contributed by atoms with E-state index in [-0.39, 0.29) is 17.9 Å². The zero-order chi connectivity index (χ0) is 16.9. The van der Waals surface area contributed by atoms with E-state index in [1.807, 2.05) is 19.1 Å². The molecule has 1 aliphatic rings. The van der Waals surface area contributed by atoms with Crippen LogP contribution in [0.3, 0.4) is 0 Å². The Morgan fingerprint density at radius 3 is 2.75 bits per heavy atom. The summed E-state index contributed by atoms with van der Waals surface area (Å²) >= 11 is 0. The summed E-state index contributed by atoms with van der Waals surface area (Å²) in [6, 6.07) is 9.59. The third-order valence-electron chi connectivity index (χ3n) is 4.14. The lowest BCUT2D eigenvalue weighted by Gasteiger charge is -2.34. The van der Waals surface area contributed by atoms with Crippen LogP contribution in [-0.4, -0.2) is 30.1 Å². The summed E-state index contributed by atoms with van der Waals surface area (Å²) < 4.78 is 13.6. The van der Waals surface area contributed by atoms with Crippen molar-refractivity contribution in [1.82, 2.24) is 10.3 Å². The Balaban J connectivity index is 1.85. The summed E-state index contributed by atoms with van der Waals surface area (Å²) in [7, 11) is 0. The van der Waals surface area contributed by atoms with Crippen LogP contribution in [-0.2, 0) is 0 Å². The van der Waals surface area contributed by atoms with E-state index in [0.717, 1.165) is 31.6 Å². The smallest absolute Gasteiger partial charge is 0.317 e. The molecule has 0 unspecified atom stereocenters. The van der Waals surface area contributed by atoms with Crippen molar-refractivity contribution in [3.63, 3.8) is 0 Å². The van der Waals surface area contributed by atoms with Crippen molar-refractivity contribution in [2.24, 2.45) is 0 Å². The van der Waals surface area contributed by atoms with Gasteiger partial charge in [0, 0.05) is 17.4 Å². The lowest BCUT2D eigenvalue weighted by atomic mass is 10.0. The van der Waals surface area contributed by atoms with E-state index in [9.17, 15) is 9.18 Å². The summed E-state index contributed by atoms with van der Waals surface area (Å²) in [6.07, 6.45) is 3.28. The maximum Gasteiger partial charge on any atom is 0.326 e. The second-order valence-electron chi connectivity index (χ2n) is 5.95. The van der Waals surface area contributed by atoms with E-state index in [4.69, 9.17) is 0 Å². The number of amides is 2. The molecule has 0 saturated carbocycles. The first kappa shape index (κ1) is 16.4. The molecular weight excluding hydrogens is 307 g/mol. The molecule has 2 aromatic rings. The Kier molecular flexibility index (Phi) is 5.05. The van der Waals surface area contributed by atoms with Crippen LogP contribution in [0, 0.1) is 12.7 Å². The number of benzene rings is 1. The number of hydrogen-bond donors (Lipinski definition) is 2. The number of piperidine rings is 1. The molecule has 0 spiro atoms. The lowest BCUT2D eigenvalue weighted by Crippen LogP contribution is -2.48. The van der Waals surface area contributed by atoms with Gasteiger partial charge in [-0.15, -0.1) is 0 Å². The Hall–Kier alpha value is -2.47. The third-order valence-corrected chi connectivity index (χ3v) is 4.14. The molecule has 3 rings (SSSR count). The van der Waals surface area contributed by atoms with Gasteiger partial charge in [0.1, 0.15) is 5.82 Å². The van der Waals surface area contributed by atoms with Crippen molar-refractivity contribution in [2.45, 2.75) is 25.8 Å². The molecule has 2 amide bonds. The summed E-state index contributed by atoms with van der Waals surface area (Å²) in [5.74, 6) is -0.351. The topological polar surface area (TPSA) is 57.3 Å². The molecule has 0 radical (unpaired) electrons. The highest BCUT2D eigenvalue weighted by atomic mass is 19.1. The average molecular weight is 328 g/mol. The molecule has 24 heavy (non-hydrogen) atoms. The molecule has 1 fully saturated rings. The van der Waals surface area contributed by atoms with E-state index < -0.39 is 0 Å². The number of aryl methyl sites for hydroxylation is 1. The van der Waals surface area contributed by atoms with Crippen molar-refractivity contribution in [3.8, 4) is 0 Å². The van der Waals surface area contributed by atoms with Crippen molar-refractivity contribution < 1.29 is 9.18 Å². The predicted octanol–water partition coefficient (Wildman–Crippen LogP) is 3.32. The molecule has 1 aromatic carbocycles. The Morgan fingerprint density at radius 1 is 1.29 bits per heavy atom. The van der Waals surface area contributed by atoms with Gasteiger partial charge >= 0.3 is 6.03 Å². The van der Waals surface area contributed by atoms with Crippen LogP contribution in [0.15, 0.2) is 42.6 Å². The van der Waals surface area contributed by atoms with E-state index in [2.05, 4.69) is 15.6 Å². The maximum absolute atomic E-state index is 13.6. The minimum absolute atomic E-state index is 0.0338. The number of urea groups is 1. The second kappa shape index (κ2) is 7.40. The van der Waals surface area contributed by atoms with Crippen molar-refractivity contribution in [3.05, 3.63) is 54.1 Å². The second-order valence-corrected chi connectivity index (χ2v) is 5.95. The van der Waals surface area contributed by atoms with Crippen LogP contribution >= 0.6 is 0 Å². The minimum atomic E-state index is -0.351. The van der Waals surface area contributed by atoms with Gasteiger partial charge in [-0.3, -0.25) is 9.88 Å². The number of halogens is 1. The highest BCUT2D eigenvalue weighted by molar-refractivity contribution is 6.02. The molecule has 5 nitrogen and oxygen atoms in total. The first-order valence-corrected chi connectivity index (χ1v) is 8.12. The van der Waals surface area contributed by atoms with Crippen molar-refractivity contribution >= 4 is 17.4 Å². The molecule has 0 bridgehead atoms. The van der Waals surface area contributed by atoms with Crippen molar-refractivity contribution in [2.75, 3.05) is 23.3 Å². The molecule has 0 atom stereocenters. The largest absolute Gasteiger partial charge is 0.326 e. The van der Waals surface area contributed by atoms with Crippen molar-refractivity contribution in [1.29, 1.82) is 0 Å². The minimum Gasteiger partial charge on any atom is -0.317 e. The van der Waals surface area contributed by atoms with Crippen LogP contribution in [0.5, 0.6) is 0 Å². The van der Waals surface area contributed by atoms with E-state index in [1.54, 1.807) is 23.2 Å². The highest BCUT2D eigenvalue weighted by Gasteiger charge is 2.27. The molecule has 2 N–H and O–H groups in total. The number of aromatic nitrogens is 1. The lowest BCUT2D eigenvalue weighted by molar-refractivity contribution is 0.252. The standard InChI is InChI=1S/C18H21FN4O/c1-13-5-6-15(12-21-13)22-18(24)23(16-7-9-20-10-8-16)17-4-2-3-14(19)11-17/h2-6,11-12,16,20H,7-10H2,1H3,(H,22,24). The first-order valence-electron chi connectivity index (χ1n) is 8.12. The van der Waals surface area contributed by atoms with Gasteiger partial charge in [-0.05, 0) is 63.2 Å². The van der Waals surface area contributed by atoms with Crippen LogP contribution in [0.2, 0.25) is 0 Å². The fourth-order valence-corrected chi connectivity index (χ4v) is 2.91. The van der Waals surface area contributed by atoms with Gasteiger partial charge in [0.15, 0.2) is 0 Å². The molecule has 1 aromatic heterocycles. The summed E-state index contributed by atoms with van der Waals surface area (Å²) in [6.45, 7) is 3.57. The zero-order valence-corrected chi connectivity index (χ0v) is 13.6. The number of rotatable bonds is 3. The number of carbonyl (C=O) groups excluding carboxylic acids is 1. The van der Waals surface area contributed by atoms with Crippen LogP contribution in [0.25, 0.3) is 0 Å². The van der Waals surface area contributed by atoms with Gasteiger partial charge in [0.2, 0.25) is 0 Å². The molecule has 0 aliphatic carbocycles. The Labute approximate surface area is 140 Å². The molecule has 1 aliphatic heterocycles. The molecular formula is C18H21FN4O. The zero-order valence-electron chi connectivity index (χ0n) is 13.6. The molecule has 2 heterocycles. The SMILES string of the molecule is Cc1ccc(NC(=O)N(c2cccc(F)c2)C2CCNCC2)cn1. The van der Waals surface area contributed by atoms with Gasteiger partial charge in [-0.1, -0.05) is 6.07 Å². The quantitative estimate of drug-likeness (QED) is 0.909. The third kappa shape index (κ3) is 3.89. The van der Waals surface area contributed by atoms with E-state index in [0.29, 0.717) is 11.4 Å². The van der Waals surface area contributed by atoms with Gasteiger partial charge in [0.05, 0.1) is 11.9 Å². The molecule has 1 saturated heterocycles. The fourth-order valence-electron chi connectivity index (χ4n) is 2.91. The fraction of sp³-hybridized carbons (Fsp3) is 0.333. The summed E-state index contributed by atoms with van der Waals surface area (Å²) in [4.78, 5) is 18.7. The van der Waals surface area contributed by atoms with Gasteiger partial charge in [0.25, 0.3) is 0 Å². The number of nitrogens with zero attached hydrogens (tertiary/aromatic N) is 2.